The van der Waals surface area contributed by atoms with Gasteiger partial charge in [0.15, 0.2) is 0 Å². The third kappa shape index (κ3) is 5.30. The van der Waals surface area contributed by atoms with Crippen LogP contribution in [0.25, 0.3) is 11.3 Å². The van der Waals surface area contributed by atoms with Gasteiger partial charge in [-0.3, -0.25) is 9.36 Å². The predicted molar refractivity (Wildman–Crippen MR) is 146 cm³/mol. The van der Waals surface area contributed by atoms with Gasteiger partial charge in [-0.1, -0.05) is 42.5 Å². The molecular formula is C28H32N3O4P. The zero-order chi connectivity index (χ0) is 25.9. The molecule has 0 spiro atoms. The second kappa shape index (κ2) is 10.4. The van der Waals surface area contributed by atoms with Crippen LogP contribution < -0.4 is 21.7 Å². The van der Waals surface area contributed by atoms with E-state index >= 15 is 0 Å². The van der Waals surface area contributed by atoms with Crippen molar-refractivity contribution >= 4 is 41.5 Å². The Hall–Kier alpha value is -3.22. The summed E-state index contributed by atoms with van der Waals surface area (Å²) >= 11 is 0. The topological polar surface area (TPSA) is 103 Å². The van der Waals surface area contributed by atoms with Crippen LogP contribution >= 0.6 is 7.60 Å². The molecule has 0 unspecified atom stereocenters. The van der Waals surface area contributed by atoms with E-state index in [-0.39, 0.29) is 19.1 Å². The fourth-order valence-electron chi connectivity index (χ4n) is 4.13. The highest BCUT2D eigenvalue weighted by molar-refractivity contribution is 7.62. The number of benzene rings is 3. The summed E-state index contributed by atoms with van der Waals surface area (Å²) in [5.74, 6) is -0.258. The molecule has 4 rings (SSSR count). The van der Waals surface area contributed by atoms with Crippen molar-refractivity contribution < 1.29 is 18.4 Å². The van der Waals surface area contributed by atoms with Crippen LogP contribution in [0.15, 0.2) is 72.8 Å². The molecule has 3 aromatic carbocycles. The minimum absolute atomic E-state index is 0.235. The molecule has 0 aromatic heterocycles. The van der Waals surface area contributed by atoms with Gasteiger partial charge in [0.1, 0.15) is 0 Å². The molecule has 0 saturated heterocycles. The molecule has 0 fully saturated rings. The lowest BCUT2D eigenvalue weighted by Gasteiger charge is -2.21. The van der Waals surface area contributed by atoms with E-state index in [2.05, 4.69) is 10.6 Å². The maximum atomic E-state index is 13.5. The van der Waals surface area contributed by atoms with Crippen LogP contribution in [0.3, 0.4) is 0 Å². The van der Waals surface area contributed by atoms with E-state index in [1.165, 1.54) is 0 Å². The average molecular weight is 506 g/mol. The van der Waals surface area contributed by atoms with Gasteiger partial charge in [-0.05, 0) is 69.2 Å². The molecule has 0 saturated carbocycles. The zero-order valence-electron chi connectivity index (χ0n) is 21.0. The Morgan fingerprint density at radius 2 is 1.67 bits per heavy atom. The number of hydrogen-bond donors (Lipinski definition) is 3. The standard InChI is InChI=1S/C28H32N3O4P/c1-5-34-36(33,35-6-2)22-15-16-24-23(18-22)25(27(32)31-24)26(19-11-8-7-9-12-19)30-21-14-10-13-20(17-21)28(3,4)29/h7-18,30H,5-6,29H2,1-4H3,(H,31,32)/b26-25-. The molecule has 0 atom stereocenters. The SMILES string of the molecule is CCOP(=O)(OCC)c1ccc2c(c1)/C(=C(/Nc1cccc(C(C)(C)N)c1)c1ccccc1)C(=O)N2. The normalized spacial score (nSPS) is 14.9. The van der Waals surface area contributed by atoms with Gasteiger partial charge in [0.25, 0.3) is 5.91 Å². The highest BCUT2D eigenvalue weighted by atomic mass is 31.2. The zero-order valence-corrected chi connectivity index (χ0v) is 21.9. The Morgan fingerprint density at radius 3 is 2.31 bits per heavy atom. The van der Waals surface area contributed by atoms with Gasteiger partial charge in [0.2, 0.25) is 0 Å². The molecule has 1 aliphatic rings. The molecule has 0 aliphatic carbocycles. The lowest BCUT2D eigenvalue weighted by atomic mass is 9.95. The number of amides is 1. The van der Waals surface area contributed by atoms with Crippen LogP contribution in [0.4, 0.5) is 11.4 Å². The first-order valence-electron chi connectivity index (χ1n) is 12.0. The van der Waals surface area contributed by atoms with Gasteiger partial charge in [-0.15, -0.1) is 0 Å². The Bertz CT molecular complexity index is 1340. The van der Waals surface area contributed by atoms with E-state index in [1.807, 2.05) is 68.4 Å². The largest absolute Gasteiger partial charge is 0.361 e. The van der Waals surface area contributed by atoms with Crippen LogP contribution in [-0.4, -0.2) is 19.1 Å². The molecular weight excluding hydrogens is 473 g/mol. The number of rotatable bonds is 9. The molecule has 1 aliphatic heterocycles. The summed E-state index contributed by atoms with van der Waals surface area (Å²) in [7, 11) is -3.54. The summed E-state index contributed by atoms with van der Waals surface area (Å²) in [5.41, 5.74) is 10.7. The van der Waals surface area contributed by atoms with Crippen LogP contribution in [0, 0.1) is 0 Å². The van der Waals surface area contributed by atoms with Crippen molar-refractivity contribution in [2.24, 2.45) is 5.73 Å². The van der Waals surface area contributed by atoms with E-state index < -0.39 is 13.1 Å². The highest BCUT2D eigenvalue weighted by Crippen LogP contribution is 2.48. The van der Waals surface area contributed by atoms with Gasteiger partial charge in [0, 0.05) is 22.5 Å². The van der Waals surface area contributed by atoms with E-state index in [0.29, 0.717) is 27.8 Å². The van der Waals surface area contributed by atoms with Crippen molar-refractivity contribution in [1.82, 2.24) is 0 Å². The van der Waals surface area contributed by atoms with E-state index in [0.717, 1.165) is 16.8 Å². The van der Waals surface area contributed by atoms with Crippen molar-refractivity contribution in [2.45, 2.75) is 33.2 Å². The molecule has 4 N–H and O–H groups in total. The number of nitrogens with one attached hydrogen (secondary N) is 2. The minimum Gasteiger partial charge on any atom is -0.354 e. The summed E-state index contributed by atoms with van der Waals surface area (Å²) in [6.07, 6.45) is 0. The number of hydrogen-bond acceptors (Lipinski definition) is 6. The number of carbonyl (C=O) groups excluding carboxylic acids is 1. The molecule has 8 heteroatoms. The van der Waals surface area contributed by atoms with E-state index in [9.17, 15) is 9.36 Å². The van der Waals surface area contributed by atoms with Gasteiger partial charge < -0.3 is 25.4 Å². The monoisotopic (exact) mass is 505 g/mol. The maximum Gasteiger partial charge on any atom is 0.361 e. The van der Waals surface area contributed by atoms with Crippen LogP contribution in [0.5, 0.6) is 0 Å². The van der Waals surface area contributed by atoms with Gasteiger partial charge in [-0.25, -0.2) is 0 Å². The summed E-state index contributed by atoms with van der Waals surface area (Å²) in [6, 6.07) is 22.6. The molecule has 36 heavy (non-hydrogen) atoms. The molecule has 0 bridgehead atoms. The number of fused-ring (bicyclic) bond motifs is 1. The fraction of sp³-hybridized carbons (Fsp3) is 0.250. The first-order chi connectivity index (χ1) is 17.2. The number of carbonyl (C=O) groups is 1. The first-order valence-corrected chi connectivity index (χ1v) is 13.5. The summed E-state index contributed by atoms with van der Waals surface area (Å²) in [4.78, 5) is 13.3. The number of nitrogens with two attached hydrogens (primary N) is 1. The Kier molecular flexibility index (Phi) is 7.48. The van der Waals surface area contributed by atoms with Crippen molar-refractivity contribution in [3.8, 4) is 0 Å². The van der Waals surface area contributed by atoms with Crippen molar-refractivity contribution in [2.75, 3.05) is 23.8 Å². The van der Waals surface area contributed by atoms with Crippen molar-refractivity contribution in [1.29, 1.82) is 0 Å². The smallest absolute Gasteiger partial charge is 0.354 e. The van der Waals surface area contributed by atoms with Crippen LogP contribution in [0.2, 0.25) is 0 Å². The lowest BCUT2D eigenvalue weighted by molar-refractivity contribution is -0.110. The third-order valence-corrected chi connectivity index (χ3v) is 7.96. The second-order valence-electron chi connectivity index (χ2n) is 9.06. The summed E-state index contributed by atoms with van der Waals surface area (Å²) < 4.78 is 24.6. The molecule has 188 valence electrons. The molecule has 7 nitrogen and oxygen atoms in total. The van der Waals surface area contributed by atoms with Gasteiger partial charge in [0.05, 0.1) is 29.8 Å². The summed E-state index contributed by atoms with van der Waals surface area (Å²) in [5, 5.41) is 6.80. The maximum absolute atomic E-state index is 13.5. The second-order valence-corrected chi connectivity index (χ2v) is 11.1. The Labute approximate surface area is 212 Å². The Morgan fingerprint density at radius 1 is 0.972 bits per heavy atom. The molecule has 3 aromatic rings. The average Bonchev–Trinajstić information content (AvgIpc) is 3.18. The fourth-order valence-corrected chi connectivity index (χ4v) is 5.72. The molecule has 1 heterocycles. The van der Waals surface area contributed by atoms with Crippen LogP contribution in [0.1, 0.15) is 44.4 Å². The third-order valence-electron chi connectivity index (χ3n) is 5.85. The predicted octanol–water partition coefficient (Wildman–Crippen LogP) is 5.70. The quantitative estimate of drug-likeness (QED) is 0.255. The van der Waals surface area contributed by atoms with Gasteiger partial charge >= 0.3 is 7.60 Å². The lowest BCUT2D eigenvalue weighted by Crippen LogP contribution is -2.28. The minimum atomic E-state index is -3.54. The van der Waals surface area contributed by atoms with Gasteiger partial charge in [-0.2, -0.15) is 0 Å². The first kappa shape index (κ1) is 25.9. The summed E-state index contributed by atoms with van der Waals surface area (Å²) in [6.45, 7) is 7.89. The molecule has 0 radical (unpaired) electrons. The van der Waals surface area contributed by atoms with Crippen LogP contribution in [-0.2, 0) is 23.9 Å². The van der Waals surface area contributed by atoms with E-state index in [4.69, 9.17) is 14.8 Å². The van der Waals surface area contributed by atoms with E-state index in [1.54, 1.807) is 32.0 Å². The Balaban J connectivity index is 1.89. The van der Waals surface area contributed by atoms with Crippen molar-refractivity contribution in [3.63, 3.8) is 0 Å². The highest BCUT2D eigenvalue weighted by Gasteiger charge is 2.33. The molecule has 1 amide bonds. The number of anilines is 2. The van der Waals surface area contributed by atoms with Crippen molar-refractivity contribution in [3.05, 3.63) is 89.5 Å².